The molecule has 0 amide bonds. The molecule has 11 nitrogen and oxygen atoms in total. The zero-order valence-corrected chi connectivity index (χ0v) is 13.8. The summed E-state index contributed by atoms with van der Waals surface area (Å²) in [7, 11) is -4.64. The molecule has 12 heteroatoms. The highest BCUT2D eigenvalue weighted by atomic mass is 32.2. The Morgan fingerprint density at radius 1 is 0.846 bits per heavy atom. The summed E-state index contributed by atoms with van der Waals surface area (Å²) in [6.45, 7) is 0. The van der Waals surface area contributed by atoms with Crippen LogP contribution in [0.2, 0.25) is 0 Å². The van der Waals surface area contributed by atoms with Gasteiger partial charge in [0.05, 0.1) is 28.7 Å². The third-order valence-electron chi connectivity index (χ3n) is 2.51. The molecule has 2 aromatic heterocycles. The summed E-state index contributed by atoms with van der Waals surface area (Å²) in [5.74, 6) is -2.99. The lowest BCUT2D eigenvalue weighted by Crippen LogP contribution is -2.07. The van der Waals surface area contributed by atoms with Crippen molar-refractivity contribution in [2.24, 2.45) is 0 Å². The minimum atomic E-state index is -4.64. The smallest absolute Gasteiger partial charge is 0.335 e. The van der Waals surface area contributed by atoms with Crippen LogP contribution in [0.1, 0.15) is 20.7 Å². The number of aromatic nitrogens is 4. The van der Waals surface area contributed by atoms with Crippen LogP contribution >= 0.6 is 0 Å². The molecule has 0 radical (unpaired) electrons. The topological polar surface area (TPSA) is 186 Å². The summed E-state index contributed by atoms with van der Waals surface area (Å²) < 4.78 is 30.2. The molecule has 0 saturated carbocycles. The molecule has 0 spiro atoms. The van der Waals surface area contributed by atoms with E-state index in [9.17, 15) is 18.0 Å². The van der Waals surface area contributed by atoms with E-state index in [1.54, 1.807) is 37.4 Å². The molecule has 0 fully saturated rings. The molecule has 138 valence electrons. The van der Waals surface area contributed by atoms with Gasteiger partial charge in [0.15, 0.2) is 0 Å². The third-order valence-corrected chi connectivity index (χ3v) is 3.34. The number of hydrogen-bond acceptors (Lipinski definition) is 6. The average Bonchev–Trinajstić information content (AvgIpc) is 3.31. The number of carboxylic acid groups (broad SMARTS) is 2. The normalized spacial score (nSPS) is 9.88. The first-order valence-corrected chi connectivity index (χ1v) is 8.10. The molecular formula is C14H14N4O7S. The molecular weight excluding hydrogens is 368 g/mol. The fourth-order valence-corrected chi connectivity index (χ4v) is 1.98. The predicted molar refractivity (Wildman–Crippen MR) is 87.4 cm³/mol. The first-order chi connectivity index (χ1) is 12.2. The fraction of sp³-hybridized carbons (Fsp3) is 0. The summed E-state index contributed by atoms with van der Waals surface area (Å²) in [6.07, 6.45) is 10.2. The number of carbonyl (C=O) groups is 2. The van der Waals surface area contributed by atoms with Crippen LogP contribution in [0, 0.1) is 0 Å². The maximum atomic E-state index is 10.8. The number of hydrogen-bond donors (Lipinski definition) is 5. The van der Waals surface area contributed by atoms with Gasteiger partial charge in [0, 0.05) is 24.8 Å². The Morgan fingerprint density at radius 2 is 1.27 bits per heavy atom. The zero-order chi connectivity index (χ0) is 19.6. The minimum absolute atomic E-state index is 0.535. The van der Waals surface area contributed by atoms with E-state index in [1.807, 2.05) is 0 Å². The molecule has 0 atom stereocenters. The van der Waals surface area contributed by atoms with Crippen molar-refractivity contribution in [2.75, 3.05) is 0 Å². The van der Waals surface area contributed by atoms with Crippen LogP contribution in [0.5, 0.6) is 0 Å². The number of aromatic amines is 2. The molecule has 3 rings (SSSR count). The van der Waals surface area contributed by atoms with Gasteiger partial charge in [-0.15, -0.1) is 0 Å². The van der Waals surface area contributed by atoms with Gasteiger partial charge in [0.25, 0.3) is 10.1 Å². The fourth-order valence-electron chi connectivity index (χ4n) is 1.43. The Balaban J connectivity index is 0.000000270. The van der Waals surface area contributed by atoms with Crippen LogP contribution in [-0.4, -0.2) is 55.1 Å². The first kappa shape index (κ1) is 20.5. The van der Waals surface area contributed by atoms with E-state index in [0.717, 1.165) is 6.07 Å². The van der Waals surface area contributed by atoms with E-state index in [4.69, 9.17) is 14.8 Å². The predicted octanol–water partition coefficient (Wildman–Crippen LogP) is 1.15. The zero-order valence-electron chi connectivity index (χ0n) is 13.0. The monoisotopic (exact) mass is 382 g/mol. The minimum Gasteiger partial charge on any atom is -0.478 e. The van der Waals surface area contributed by atoms with E-state index in [2.05, 4.69) is 19.9 Å². The second kappa shape index (κ2) is 9.71. The maximum absolute atomic E-state index is 10.8. The van der Waals surface area contributed by atoms with E-state index >= 15 is 0 Å². The van der Waals surface area contributed by atoms with Crippen LogP contribution in [0.4, 0.5) is 0 Å². The molecule has 0 saturated heterocycles. The van der Waals surface area contributed by atoms with Gasteiger partial charge in [-0.2, -0.15) is 8.42 Å². The van der Waals surface area contributed by atoms with Crippen molar-refractivity contribution in [3.63, 3.8) is 0 Å². The Labute approximate surface area is 147 Å². The van der Waals surface area contributed by atoms with Crippen molar-refractivity contribution >= 4 is 22.1 Å². The highest BCUT2D eigenvalue weighted by Crippen LogP contribution is 2.15. The number of nitrogens with one attached hydrogen (secondary N) is 2. The van der Waals surface area contributed by atoms with Gasteiger partial charge in [-0.25, -0.2) is 19.6 Å². The summed E-state index contributed by atoms with van der Waals surface area (Å²) in [6, 6.07) is 2.13. The molecule has 0 aliphatic rings. The highest BCUT2D eigenvalue weighted by molar-refractivity contribution is 7.85. The van der Waals surface area contributed by atoms with Crippen molar-refractivity contribution in [3.8, 4) is 0 Å². The van der Waals surface area contributed by atoms with Gasteiger partial charge in [-0.05, 0) is 18.2 Å². The lowest BCUT2D eigenvalue weighted by atomic mass is 10.1. The quantitative estimate of drug-likeness (QED) is 0.414. The van der Waals surface area contributed by atoms with Gasteiger partial charge in [-0.1, -0.05) is 0 Å². The number of benzene rings is 1. The van der Waals surface area contributed by atoms with Crippen molar-refractivity contribution in [3.05, 3.63) is 66.8 Å². The number of nitrogens with zero attached hydrogens (tertiary/aromatic N) is 2. The van der Waals surface area contributed by atoms with Crippen molar-refractivity contribution in [1.29, 1.82) is 0 Å². The molecule has 0 bridgehead atoms. The van der Waals surface area contributed by atoms with Crippen LogP contribution in [-0.2, 0) is 10.1 Å². The average molecular weight is 382 g/mol. The van der Waals surface area contributed by atoms with Gasteiger partial charge in [0.2, 0.25) is 0 Å². The number of carboxylic acids is 2. The van der Waals surface area contributed by atoms with Crippen LogP contribution in [0.25, 0.3) is 0 Å². The summed E-state index contributed by atoms with van der Waals surface area (Å²) in [5, 5.41) is 17.2. The third kappa shape index (κ3) is 7.37. The molecule has 26 heavy (non-hydrogen) atoms. The summed E-state index contributed by atoms with van der Waals surface area (Å²) in [4.78, 5) is 33.2. The molecule has 0 aliphatic heterocycles. The van der Waals surface area contributed by atoms with E-state index in [1.165, 1.54) is 0 Å². The van der Waals surface area contributed by atoms with Gasteiger partial charge in [0.1, 0.15) is 0 Å². The second-order valence-electron chi connectivity index (χ2n) is 4.35. The number of imidazole rings is 2. The van der Waals surface area contributed by atoms with Crippen molar-refractivity contribution in [1.82, 2.24) is 19.9 Å². The Morgan fingerprint density at radius 3 is 1.46 bits per heavy atom. The standard InChI is InChI=1S/C8H6O7S.2C3H4N2/c9-7(10)4-1-5(8(11)12)3-6(2-4)16(13,14)15;2*1-2-5-3-4-1/h1-3H,(H,9,10)(H,11,12)(H,13,14,15);2*1-3H,(H,4,5). The van der Waals surface area contributed by atoms with Gasteiger partial charge >= 0.3 is 11.9 Å². The molecule has 2 heterocycles. The highest BCUT2D eigenvalue weighted by Gasteiger charge is 2.17. The van der Waals surface area contributed by atoms with Gasteiger partial charge < -0.3 is 20.2 Å². The van der Waals surface area contributed by atoms with Crippen molar-refractivity contribution < 1.29 is 32.8 Å². The number of rotatable bonds is 3. The first-order valence-electron chi connectivity index (χ1n) is 6.66. The second-order valence-corrected chi connectivity index (χ2v) is 5.77. The number of aromatic carboxylic acids is 2. The maximum Gasteiger partial charge on any atom is 0.335 e. The van der Waals surface area contributed by atoms with E-state index in [0.29, 0.717) is 12.1 Å². The molecule has 0 unspecified atom stereocenters. The van der Waals surface area contributed by atoms with Crippen LogP contribution in [0.3, 0.4) is 0 Å². The number of H-pyrrole nitrogens is 2. The summed E-state index contributed by atoms with van der Waals surface area (Å²) in [5.41, 5.74) is -1.07. The Kier molecular flexibility index (Phi) is 7.67. The van der Waals surface area contributed by atoms with E-state index < -0.39 is 38.1 Å². The molecule has 5 N–H and O–H groups in total. The van der Waals surface area contributed by atoms with Crippen LogP contribution < -0.4 is 0 Å². The van der Waals surface area contributed by atoms with Crippen molar-refractivity contribution in [2.45, 2.75) is 4.90 Å². The van der Waals surface area contributed by atoms with Crippen LogP contribution in [0.15, 0.2) is 60.5 Å². The molecule has 1 aromatic carbocycles. The largest absolute Gasteiger partial charge is 0.478 e. The Bertz CT molecular complexity index is 829. The molecule has 0 aliphatic carbocycles. The van der Waals surface area contributed by atoms with E-state index in [-0.39, 0.29) is 0 Å². The SMILES string of the molecule is O=C(O)c1cc(C(=O)O)cc(S(=O)(=O)O)c1.c1c[nH]cn1.c1c[nH]cn1. The Hall–Kier alpha value is -3.51. The summed E-state index contributed by atoms with van der Waals surface area (Å²) >= 11 is 0. The molecule has 3 aromatic rings. The lowest BCUT2D eigenvalue weighted by molar-refractivity contribution is 0.0696. The van der Waals surface area contributed by atoms with Gasteiger partial charge in [-0.3, -0.25) is 4.55 Å². The lowest BCUT2D eigenvalue weighted by Gasteiger charge is -2.02.